The first-order valence-corrected chi connectivity index (χ1v) is 9.97. The second-order valence-corrected chi connectivity index (χ2v) is 7.04. The number of carbonyl (C=O) groups is 1. The van der Waals surface area contributed by atoms with Gasteiger partial charge >= 0.3 is 0 Å². The molecule has 1 N–H and O–H groups in total. The van der Waals surface area contributed by atoms with Crippen molar-refractivity contribution in [1.29, 1.82) is 0 Å². The molecule has 0 aliphatic rings. The SMILES string of the molecule is COc1ccc(OC)c(C(C)NC(=O)c2ccn(Cn3nnc(-c4ccccc4)n3)n2)c1. The van der Waals surface area contributed by atoms with Crippen molar-refractivity contribution in [3.63, 3.8) is 0 Å². The van der Waals surface area contributed by atoms with Gasteiger partial charge in [-0.2, -0.15) is 5.10 Å². The van der Waals surface area contributed by atoms with Crippen molar-refractivity contribution in [3.05, 3.63) is 72.1 Å². The first-order chi connectivity index (χ1) is 15.6. The van der Waals surface area contributed by atoms with Crippen molar-refractivity contribution < 1.29 is 14.3 Å². The molecular formula is C22H23N7O3. The molecular weight excluding hydrogens is 410 g/mol. The van der Waals surface area contributed by atoms with Crippen molar-refractivity contribution in [1.82, 2.24) is 35.3 Å². The van der Waals surface area contributed by atoms with Gasteiger partial charge in [0.1, 0.15) is 17.2 Å². The first kappa shape index (κ1) is 21.0. The van der Waals surface area contributed by atoms with Crippen LogP contribution in [0.2, 0.25) is 0 Å². The minimum absolute atomic E-state index is 0.229. The Hall–Kier alpha value is -4.21. The number of nitrogens with one attached hydrogen (secondary N) is 1. The van der Waals surface area contributed by atoms with Gasteiger partial charge in [0.15, 0.2) is 6.67 Å². The van der Waals surface area contributed by atoms with Crippen LogP contribution in [0, 0.1) is 0 Å². The van der Waals surface area contributed by atoms with Crippen molar-refractivity contribution in [2.24, 2.45) is 0 Å². The monoisotopic (exact) mass is 433 g/mol. The summed E-state index contributed by atoms with van der Waals surface area (Å²) in [5.74, 6) is 1.56. The minimum atomic E-state index is -0.317. The van der Waals surface area contributed by atoms with Crippen LogP contribution in [0.1, 0.15) is 29.0 Å². The summed E-state index contributed by atoms with van der Waals surface area (Å²) in [7, 11) is 3.18. The molecule has 1 unspecified atom stereocenters. The van der Waals surface area contributed by atoms with Gasteiger partial charge in [0.25, 0.3) is 5.91 Å². The van der Waals surface area contributed by atoms with E-state index in [9.17, 15) is 4.79 Å². The summed E-state index contributed by atoms with van der Waals surface area (Å²) in [5, 5.41) is 19.8. The number of hydrogen-bond donors (Lipinski definition) is 1. The molecule has 2 heterocycles. The van der Waals surface area contributed by atoms with Crippen molar-refractivity contribution in [3.8, 4) is 22.9 Å². The fourth-order valence-electron chi connectivity index (χ4n) is 3.22. The zero-order valence-corrected chi connectivity index (χ0v) is 18.0. The average molecular weight is 433 g/mol. The third-order valence-electron chi connectivity index (χ3n) is 4.88. The molecule has 1 amide bonds. The van der Waals surface area contributed by atoms with Gasteiger partial charge in [-0.1, -0.05) is 30.3 Å². The van der Waals surface area contributed by atoms with Crippen LogP contribution in [-0.4, -0.2) is 50.1 Å². The lowest BCUT2D eigenvalue weighted by atomic mass is 10.1. The number of nitrogens with zero attached hydrogens (tertiary/aromatic N) is 6. The molecule has 32 heavy (non-hydrogen) atoms. The molecule has 10 heteroatoms. The van der Waals surface area contributed by atoms with E-state index in [2.05, 4.69) is 25.8 Å². The average Bonchev–Trinajstić information content (AvgIpc) is 3.49. The van der Waals surface area contributed by atoms with Gasteiger partial charge < -0.3 is 14.8 Å². The zero-order valence-electron chi connectivity index (χ0n) is 18.0. The highest BCUT2D eigenvalue weighted by Gasteiger charge is 2.18. The molecule has 1 atom stereocenters. The van der Waals surface area contributed by atoms with E-state index in [1.807, 2.05) is 43.3 Å². The quantitative estimate of drug-likeness (QED) is 0.455. The molecule has 0 saturated heterocycles. The number of tetrazole rings is 1. The van der Waals surface area contributed by atoms with Crippen LogP contribution in [0.5, 0.6) is 11.5 Å². The Balaban J connectivity index is 1.43. The Morgan fingerprint density at radius 3 is 2.62 bits per heavy atom. The van der Waals surface area contributed by atoms with Crippen LogP contribution in [0.15, 0.2) is 60.8 Å². The molecule has 2 aromatic carbocycles. The lowest BCUT2D eigenvalue weighted by Gasteiger charge is -2.17. The Morgan fingerprint density at radius 1 is 1.06 bits per heavy atom. The number of carbonyl (C=O) groups excluding carboxylic acids is 1. The number of hydrogen-bond acceptors (Lipinski definition) is 7. The van der Waals surface area contributed by atoms with E-state index in [1.54, 1.807) is 43.3 Å². The van der Waals surface area contributed by atoms with Gasteiger partial charge in [-0.05, 0) is 36.4 Å². The number of methoxy groups -OCH3 is 2. The molecule has 4 aromatic rings. The van der Waals surface area contributed by atoms with Crippen LogP contribution in [-0.2, 0) is 6.67 Å². The lowest BCUT2D eigenvalue weighted by molar-refractivity contribution is 0.0933. The first-order valence-electron chi connectivity index (χ1n) is 9.97. The van der Waals surface area contributed by atoms with E-state index in [0.717, 1.165) is 11.1 Å². The topological polar surface area (TPSA) is 109 Å². The summed E-state index contributed by atoms with van der Waals surface area (Å²) in [6.07, 6.45) is 1.69. The van der Waals surface area contributed by atoms with Crippen LogP contribution >= 0.6 is 0 Å². The summed E-state index contributed by atoms with van der Waals surface area (Å²) in [6.45, 7) is 2.10. The maximum atomic E-state index is 12.7. The van der Waals surface area contributed by atoms with Crippen LogP contribution in [0.3, 0.4) is 0 Å². The van der Waals surface area contributed by atoms with E-state index < -0.39 is 0 Å². The Kier molecular flexibility index (Phi) is 6.11. The highest BCUT2D eigenvalue weighted by atomic mass is 16.5. The predicted molar refractivity (Wildman–Crippen MR) is 116 cm³/mol. The minimum Gasteiger partial charge on any atom is -0.497 e. The summed E-state index contributed by atoms with van der Waals surface area (Å²) < 4.78 is 12.3. The Labute approximate surface area is 184 Å². The normalized spacial score (nSPS) is 11.7. The van der Waals surface area contributed by atoms with E-state index in [4.69, 9.17) is 9.47 Å². The van der Waals surface area contributed by atoms with Gasteiger partial charge in [0, 0.05) is 17.3 Å². The predicted octanol–water partition coefficient (Wildman–Crippen LogP) is 2.55. The zero-order chi connectivity index (χ0) is 22.5. The summed E-state index contributed by atoms with van der Waals surface area (Å²) in [5.41, 5.74) is 1.96. The van der Waals surface area contributed by atoms with E-state index in [0.29, 0.717) is 17.3 Å². The molecule has 0 aliphatic heterocycles. The van der Waals surface area contributed by atoms with E-state index in [-0.39, 0.29) is 24.3 Å². The number of aromatic nitrogens is 6. The molecule has 0 saturated carbocycles. The van der Waals surface area contributed by atoms with Gasteiger partial charge in [0.2, 0.25) is 5.82 Å². The fourth-order valence-corrected chi connectivity index (χ4v) is 3.22. The molecule has 2 aromatic heterocycles. The number of amides is 1. The molecule has 164 valence electrons. The second-order valence-electron chi connectivity index (χ2n) is 7.04. The standard InChI is InChI=1S/C22H23N7O3/c1-15(18-13-17(31-2)9-10-20(18)32-3)23-22(30)19-11-12-28(25-19)14-29-26-21(24-27-29)16-7-5-4-6-8-16/h4-13,15H,14H2,1-3H3,(H,23,30). The van der Waals surface area contributed by atoms with E-state index >= 15 is 0 Å². The van der Waals surface area contributed by atoms with Crippen LogP contribution in [0.25, 0.3) is 11.4 Å². The molecule has 0 bridgehead atoms. The fraction of sp³-hybridized carbons (Fsp3) is 0.227. The molecule has 0 radical (unpaired) electrons. The maximum Gasteiger partial charge on any atom is 0.272 e. The number of ether oxygens (including phenoxy) is 2. The summed E-state index contributed by atoms with van der Waals surface area (Å²) in [4.78, 5) is 14.1. The summed E-state index contributed by atoms with van der Waals surface area (Å²) >= 11 is 0. The third-order valence-corrected chi connectivity index (χ3v) is 4.88. The molecule has 0 fully saturated rings. The maximum absolute atomic E-state index is 12.7. The molecule has 10 nitrogen and oxygen atoms in total. The summed E-state index contributed by atoms with van der Waals surface area (Å²) in [6, 6.07) is 16.3. The Morgan fingerprint density at radius 2 is 1.88 bits per heavy atom. The smallest absolute Gasteiger partial charge is 0.272 e. The highest BCUT2D eigenvalue weighted by Crippen LogP contribution is 2.29. The lowest BCUT2D eigenvalue weighted by Crippen LogP contribution is -2.27. The van der Waals surface area contributed by atoms with Crippen LogP contribution < -0.4 is 14.8 Å². The van der Waals surface area contributed by atoms with Gasteiger partial charge in [0.05, 0.1) is 20.3 Å². The number of rotatable bonds is 8. The van der Waals surface area contributed by atoms with Crippen LogP contribution in [0.4, 0.5) is 0 Å². The number of benzene rings is 2. The largest absolute Gasteiger partial charge is 0.497 e. The van der Waals surface area contributed by atoms with Crippen molar-refractivity contribution in [2.75, 3.05) is 14.2 Å². The van der Waals surface area contributed by atoms with Gasteiger partial charge in [-0.3, -0.25) is 4.79 Å². The molecule has 0 spiro atoms. The molecule has 0 aliphatic carbocycles. The van der Waals surface area contributed by atoms with Gasteiger partial charge in [-0.15, -0.1) is 15.0 Å². The second kappa shape index (κ2) is 9.29. The van der Waals surface area contributed by atoms with E-state index in [1.165, 1.54) is 4.80 Å². The highest BCUT2D eigenvalue weighted by molar-refractivity contribution is 5.92. The van der Waals surface area contributed by atoms with Gasteiger partial charge in [-0.25, -0.2) is 4.68 Å². The third kappa shape index (κ3) is 4.59. The van der Waals surface area contributed by atoms with Crippen molar-refractivity contribution in [2.45, 2.75) is 19.6 Å². The van der Waals surface area contributed by atoms with Crippen molar-refractivity contribution >= 4 is 5.91 Å². The Bertz CT molecular complexity index is 1200. The molecule has 4 rings (SSSR count).